The molecule has 0 aromatic heterocycles. The average Bonchev–Trinajstić information content (AvgIpc) is 2.45. The number of nitrogens with zero attached hydrogens (tertiary/aromatic N) is 1. The van der Waals surface area contributed by atoms with Gasteiger partial charge in [0, 0.05) is 6.07 Å². The summed E-state index contributed by atoms with van der Waals surface area (Å²) in [5.41, 5.74) is -1.74. The molecule has 1 aromatic carbocycles. The van der Waals surface area contributed by atoms with Crippen molar-refractivity contribution in [1.29, 1.82) is 0 Å². The van der Waals surface area contributed by atoms with Crippen LogP contribution in [-0.4, -0.2) is 36.7 Å². The Kier molecular flexibility index (Phi) is 5.60. The summed E-state index contributed by atoms with van der Waals surface area (Å²) in [4.78, 5) is 21.9. The molecular formula is C13H17FN2O5. The van der Waals surface area contributed by atoms with E-state index in [-0.39, 0.29) is 6.61 Å². The number of methoxy groups -OCH3 is 1. The highest BCUT2D eigenvalue weighted by atomic mass is 19.1. The van der Waals surface area contributed by atoms with E-state index in [1.165, 1.54) is 20.1 Å². The Bertz CT molecular complexity index is 537. The normalized spacial score (nSPS) is 13.3. The van der Waals surface area contributed by atoms with Gasteiger partial charge in [0.2, 0.25) is 5.75 Å². The van der Waals surface area contributed by atoms with Crippen LogP contribution in [0.4, 0.5) is 10.1 Å². The van der Waals surface area contributed by atoms with Crippen LogP contribution in [0.15, 0.2) is 18.2 Å². The molecule has 7 nitrogen and oxygen atoms in total. The van der Waals surface area contributed by atoms with Gasteiger partial charge >= 0.3 is 11.7 Å². The van der Waals surface area contributed by atoms with E-state index in [0.29, 0.717) is 6.54 Å². The molecule has 0 saturated heterocycles. The molecule has 0 amide bonds. The summed E-state index contributed by atoms with van der Waals surface area (Å²) in [5.74, 6) is -1.98. The number of halogens is 1. The Morgan fingerprint density at radius 2 is 2.19 bits per heavy atom. The first-order chi connectivity index (χ1) is 9.85. The van der Waals surface area contributed by atoms with Crippen molar-refractivity contribution in [2.24, 2.45) is 0 Å². The predicted octanol–water partition coefficient (Wildman–Crippen LogP) is 1.65. The number of ether oxygens (including phenoxy) is 2. The summed E-state index contributed by atoms with van der Waals surface area (Å²) in [5, 5.41) is 13.7. The Morgan fingerprint density at radius 3 is 2.71 bits per heavy atom. The number of carbonyl (C=O) groups is 1. The van der Waals surface area contributed by atoms with Crippen molar-refractivity contribution in [3.63, 3.8) is 0 Å². The van der Waals surface area contributed by atoms with Gasteiger partial charge in [-0.25, -0.2) is 9.18 Å². The number of esters is 1. The van der Waals surface area contributed by atoms with Crippen molar-refractivity contribution >= 4 is 11.7 Å². The maximum absolute atomic E-state index is 13.7. The third kappa shape index (κ3) is 3.88. The number of likely N-dealkylation sites (N-methyl/N-ethyl adjacent to an activating group) is 1. The van der Waals surface area contributed by atoms with Crippen molar-refractivity contribution in [2.45, 2.75) is 19.4 Å². The fourth-order valence-corrected chi connectivity index (χ4v) is 1.80. The molecule has 0 spiro atoms. The summed E-state index contributed by atoms with van der Waals surface area (Å²) in [6.45, 7) is 3.41. The van der Waals surface area contributed by atoms with Gasteiger partial charge in [0.15, 0.2) is 5.82 Å². The van der Waals surface area contributed by atoms with Gasteiger partial charge in [-0.1, -0.05) is 13.0 Å². The topological polar surface area (TPSA) is 90.7 Å². The van der Waals surface area contributed by atoms with Crippen LogP contribution in [0.2, 0.25) is 0 Å². The number of carbonyl (C=O) groups excluding carboxylic acids is 1. The maximum atomic E-state index is 13.7. The summed E-state index contributed by atoms with van der Waals surface area (Å²) < 4.78 is 23.5. The van der Waals surface area contributed by atoms with Crippen molar-refractivity contribution in [3.05, 3.63) is 34.1 Å². The summed E-state index contributed by atoms with van der Waals surface area (Å²) >= 11 is 0. The summed E-state index contributed by atoms with van der Waals surface area (Å²) in [6.07, 6.45) is 0. The molecule has 1 rings (SSSR count). The number of nitro benzene ring substituents is 1. The van der Waals surface area contributed by atoms with Crippen LogP contribution in [0.25, 0.3) is 0 Å². The number of hydrogen-bond donors (Lipinski definition) is 1. The molecule has 0 saturated carbocycles. The third-order valence-corrected chi connectivity index (χ3v) is 2.85. The van der Waals surface area contributed by atoms with E-state index >= 15 is 0 Å². The van der Waals surface area contributed by atoms with E-state index in [1.807, 2.05) is 0 Å². The zero-order valence-corrected chi connectivity index (χ0v) is 12.0. The number of rotatable bonds is 7. The second-order valence-electron chi connectivity index (χ2n) is 4.49. The standard InChI is InChI=1S/C13H17FN2O5/c1-4-15-13(2,12(17)20-3)8-21-11-9(14)6-5-7-10(11)16(18)19/h5-7,15H,4,8H2,1-3H3. The molecular weight excluding hydrogens is 283 g/mol. The quantitative estimate of drug-likeness (QED) is 0.468. The highest BCUT2D eigenvalue weighted by Gasteiger charge is 2.35. The van der Waals surface area contributed by atoms with Crippen LogP contribution in [0.1, 0.15) is 13.8 Å². The molecule has 116 valence electrons. The van der Waals surface area contributed by atoms with Gasteiger partial charge in [0.1, 0.15) is 12.1 Å². The Labute approximate surface area is 121 Å². The third-order valence-electron chi connectivity index (χ3n) is 2.85. The molecule has 0 aliphatic heterocycles. The number of nitro groups is 1. The van der Waals surface area contributed by atoms with E-state index in [0.717, 1.165) is 12.1 Å². The molecule has 0 radical (unpaired) electrons. The maximum Gasteiger partial charge on any atom is 0.329 e. The lowest BCUT2D eigenvalue weighted by atomic mass is 10.0. The van der Waals surface area contributed by atoms with Crippen LogP contribution >= 0.6 is 0 Å². The lowest BCUT2D eigenvalue weighted by molar-refractivity contribution is -0.386. The minimum Gasteiger partial charge on any atom is -0.482 e. The average molecular weight is 300 g/mol. The first kappa shape index (κ1) is 16.8. The second kappa shape index (κ2) is 6.98. The molecule has 0 fully saturated rings. The first-order valence-corrected chi connectivity index (χ1v) is 6.25. The zero-order valence-electron chi connectivity index (χ0n) is 12.0. The fraction of sp³-hybridized carbons (Fsp3) is 0.462. The van der Waals surface area contributed by atoms with Gasteiger partial charge in [0.05, 0.1) is 12.0 Å². The highest BCUT2D eigenvalue weighted by Crippen LogP contribution is 2.30. The summed E-state index contributed by atoms with van der Waals surface area (Å²) in [6, 6.07) is 3.39. The van der Waals surface area contributed by atoms with E-state index < -0.39 is 33.7 Å². The van der Waals surface area contributed by atoms with Gasteiger partial charge in [0.25, 0.3) is 0 Å². The predicted molar refractivity (Wildman–Crippen MR) is 72.6 cm³/mol. The van der Waals surface area contributed by atoms with Crippen LogP contribution in [0.5, 0.6) is 5.75 Å². The van der Waals surface area contributed by atoms with Gasteiger partial charge in [-0.3, -0.25) is 15.4 Å². The van der Waals surface area contributed by atoms with Gasteiger partial charge < -0.3 is 9.47 Å². The van der Waals surface area contributed by atoms with Crippen LogP contribution in [-0.2, 0) is 9.53 Å². The lowest BCUT2D eigenvalue weighted by Gasteiger charge is -2.27. The van der Waals surface area contributed by atoms with Crippen LogP contribution in [0, 0.1) is 15.9 Å². The lowest BCUT2D eigenvalue weighted by Crippen LogP contribution is -2.54. The molecule has 0 aliphatic carbocycles. The largest absolute Gasteiger partial charge is 0.482 e. The monoisotopic (exact) mass is 300 g/mol. The zero-order chi connectivity index (χ0) is 16.0. The van der Waals surface area contributed by atoms with Gasteiger partial charge in [-0.15, -0.1) is 0 Å². The number of hydrogen-bond acceptors (Lipinski definition) is 6. The first-order valence-electron chi connectivity index (χ1n) is 6.25. The van der Waals surface area contributed by atoms with E-state index in [2.05, 4.69) is 10.1 Å². The van der Waals surface area contributed by atoms with Crippen molar-refractivity contribution in [2.75, 3.05) is 20.3 Å². The molecule has 8 heteroatoms. The van der Waals surface area contributed by atoms with E-state index in [1.54, 1.807) is 6.92 Å². The van der Waals surface area contributed by atoms with Crippen molar-refractivity contribution < 1.29 is 23.6 Å². The second-order valence-corrected chi connectivity index (χ2v) is 4.49. The summed E-state index contributed by atoms with van der Waals surface area (Å²) in [7, 11) is 1.21. The number of nitrogens with one attached hydrogen (secondary N) is 1. The van der Waals surface area contributed by atoms with Crippen molar-refractivity contribution in [1.82, 2.24) is 5.32 Å². The van der Waals surface area contributed by atoms with Crippen LogP contribution < -0.4 is 10.1 Å². The van der Waals surface area contributed by atoms with Gasteiger partial charge in [-0.2, -0.15) is 0 Å². The molecule has 1 aromatic rings. The van der Waals surface area contributed by atoms with Crippen LogP contribution in [0.3, 0.4) is 0 Å². The Balaban J connectivity index is 3.01. The van der Waals surface area contributed by atoms with E-state index in [9.17, 15) is 19.3 Å². The molecule has 0 heterocycles. The molecule has 1 unspecified atom stereocenters. The number of benzene rings is 1. The molecule has 0 aliphatic rings. The Hall–Kier alpha value is -2.22. The highest BCUT2D eigenvalue weighted by molar-refractivity contribution is 5.80. The van der Waals surface area contributed by atoms with Gasteiger partial charge in [-0.05, 0) is 19.5 Å². The molecule has 1 atom stereocenters. The minimum atomic E-state index is -1.24. The fourth-order valence-electron chi connectivity index (χ4n) is 1.80. The molecule has 0 bridgehead atoms. The van der Waals surface area contributed by atoms with Crippen molar-refractivity contribution in [3.8, 4) is 5.75 Å². The molecule has 1 N–H and O–H groups in total. The Morgan fingerprint density at radius 1 is 1.52 bits per heavy atom. The minimum absolute atomic E-state index is 0.310. The number of para-hydroxylation sites is 1. The smallest absolute Gasteiger partial charge is 0.329 e. The SMILES string of the molecule is CCNC(C)(COc1c(F)cccc1[N+](=O)[O-])C(=O)OC. The van der Waals surface area contributed by atoms with E-state index in [4.69, 9.17) is 4.74 Å². The molecule has 21 heavy (non-hydrogen) atoms.